The molecular formula is C46H52F2N10O6. The maximum atomic E-state index is 14.3. The molecule has 18 heteroatoms. The summed E-state index contributed by atoms with van der Waals surface area (Å²) in [6.45, 7) is 5.20. The minimum absolute atomic E-state index is 0.0129. The molecule has 3 atom stereocenters. The van der Waals surface area contributed by atoms with E-state index in [0.29, 0.717) is 47.3 Å². The third-order valence-electron chi connectivity index (χ3n) is 15.3. The number of ether oxygens (including phenoxy) is 1. The summed E-state index contributed by atoms with van der Waals surface area (Å²) in [5, 5.41) is 13.5. The predicted molar refractivity (Wildman–Crippen MR) is 230 cm³/mol. The molecule has 3 N–H and O–H groups in total. The zero-order valence-electron chi connectivity index (χ0n) is 35.5. The molecule has 2 saturated carbocycles. The average Bonchev–Trinajstić information content (AvgIpc) is 4.13. The van der Waals surface area contributed by atoms with Crippen molar-refractivity contribution < 1.29 is 37.5 Å². The highest BCUT2D eigenvalue weighted by atomic mass is 19.3. The summed E-state index contributed by atoms with van der Waals surface area (Å²) in [5.41, 5.74) is 1.53. The van der Waals surface area contributed by atoms with Crippen molar-refractivity contribution in [2.24, 2.45) is 17.3 Å². The smallest absolute Gasteiger partial charge is 0.331 e. The van der Waals surface area contributed by atoms with Crippen LogP contribution >= 0.6 is 0 Å². The van der Waals surface area contributed by atoms with Crippen LogP contribution in [0.4, 0.5) is 30.8 Å². The zero-order valence-corrected chi connectivity index (χ0v) is 35.5. The Morgan fingerprint density at radius 2 is 1.75 bits per heavy atom. The van der Waals surface area contributed by atoms with E-state index in [4.69, 9.17) is 9.72 Å². The normalized spacial score (nSPS) is 26.9. The van der Waals surface area contributed by atoms with Crippen LogP contribution in [0.5, 0.6) is 0 Å². The number of hydrogen-bond donors (Lipinski definition) is 3. The molecule has 11 rings (SSSR count). The van der Waals surface area contributed by atoms with Crippen LogP contribution in [0, 0.1) is 17.3 Å². The molecule has 0 radical (unpaired) electrons. The first-order chi connectivity index (χ1) is 31.0. The second-order valence-electron chi connectivity index (χ2n) is 19.2. The SMILES string of the molecule is O=C1CCC(N2C(=O)c3cccc(NCC4CC5(CCN(C[C@H]6CC[C@H](n7cc(NC(=O)n8ccc9ccc(N%10C[C@H]%11C[C@@H]%10CO%11)nc98)c(C(F)F)n7)CC6)CC5)C4)c3C2=O)C(=O)N1. The molecule has 5 amide bonds. The van der Waals surface area contributed by atoms with E-state index in [1.807, 2.05) is 12.1 Å². The average molecular weight is 879 g/mol. The Labute approximate surface area is 368 Å². The van der Waals surface area contributed by atoms with Crippen molar-refractivity contribution >= 4 is 57.9 Å². The largest absolute Gasteiger partial charge is 0.384 e. The molecule has 6 fully saturated rings. The zero-order chi connectivity index (χ0) is 43.9. The Balaban J connectivity index is 0.645. The number of likely N-dealkylation sites (tertiary alicyclic amines) is 1. The summed E-state index contributed by atoms with van der Waals surface area (Å²) in [6.07, 6.45) is 9.76. The number of pyridine rings is 1. The monoisotopic (exact) mass is 878 g/mol. The summed E-state index contributed by atoms with van der Waals surface area (Å²) in [6, 6.07) is 9.51. The van der Waals surface area contributed by atoms with Gasteiger partial charge in [-0.1, -0.05) is 6.07 Å². The molecule has 5 aliphatic heterocycles. The highest BCUT2D eigenvalue weighted by molar-refractivity contribution is 6.25. The third-order valence-corrected chi connectivity index (χ3v) is 15.3. The molecule has 2 aliphatic carbocycles. The number of aromatic nitrogens is 4. The van der Waals surface area contributed by atoms with Gasteiger partial charge in [0.15, 0.2) is 11.3 Å². The van der Waals surface area contributed by atoms with Gasteiger partial charge in [0.05, 0.1) is 41.6 Å². The first-order valence-electron chi connectivity index (χ1n) is 22.8. The molecule has 2 bridgehead atoms. The first-order valence-corrected chi connectivity index (χ1v) is 22.8. The topological polar surface area (TPSA) is 176 Å². The number of nitrogens with one attached hydrogen (secondary N) is 3. The molecule has 1 aromatic carbocycles. The fourth-order valence-corrected chi connectivity index (χ4v) is 11.8. The summed E-state index contributed by atoms with van der Waals surface area (Å²) < 4.78 is 37.4. The maximum Gasteiger partial charge on any atom is 0.331 e. The van der Waals surface area contributed by atoms with Crippen LogP contribution in [0.25, 0.3) is 11.0 Å². The number of nitrogens with zero attached hydrogens (tertiary/aromatic N) is 7. The minimum Gasteiger partial charge on any atom is -0.384 e. The molecule has 336 valence electrons. The van der Waals surface area contributed by atoms with Gasteiger partial charge >= 0.3 is 6.03 Å². The second-order valence-corrected chi connectivity index (χ2v) is 19.2. The number of carbonyl (C=O) groups is 5. The molecule has 4 aromatic rings. The van der Waals surface area contributed by atoms with Crippen LogP contribution < -0.4 is 20.9 Å². The van der Waals surface area contributed by atoms with Gasteiger partial charge in [-0.05, 0) is 125 Å². The Morgan fingerprint density at radius 3 is 2.48 bits per heavy atom. The summed E-state index contributed by atoms with van der Waals surface area (Å²) in [7, 11) is 0. The third kappa shape index (κ3) is 7.31. The maximum absolute atomic E-state index is 14.3. The molecule has 16 nitrogen and oxygen atoms in total. The summed E-state index contributed by atoms with van der Waals surface area (Å²) in [5.74, 6) is -0.296. The van der Waals surface area contributed by atoms with Crippen LogP contribution in [0.15, 0.2) is 48.8 Å². The van der Waals surface area contributed by atoms with Crippen LogP contribution in [0.2, 0.25) is 0 Å². The van der Waals surface area contributed by atoms with Crippen LogP contribution in [-0.2, 0) is 14.3 Å². The van der Waals surface area contributed by atoms with E-state index in [9.17, 15) is 32.8 Å². The van der Waals surface area contributed by atoms with E-state index in [2.05, 4.69) is 30.8 Å². The highest BCUT2D eigenvalue weighted by Crippen LogP contribution is 2.53. The number of alkyl halides is 2. The Hall–Kier alpha value is -5.75. The molecular weight excluding hydrogens is 827 g/mol. The molecule has 1 spiro atoms. The van der Waals surface area contributed by atoms with Crippen LogP contribution in [-0.4, -0.2) is 116 Å². The van der Waals surface area contributed by atoms with Gasteiger partial charge in [0.2, 0.25) is 11.8 Å². The number of imide groups is 2. The fourth-order valence-electron chi connectivity index (χ4n) is 11.8. The standard InChI is InChI=1S/C46H52F2N10O6/c47-40(48)39-34(50-45(63)55-15-12-28-6-10-36(51-41(28)55)56-23-31-18-30(56)25-64-31)24-57(53-39)29-7-4-26(5-8-29)22-54-16-13-46(14-17-54)19-27(20-46)21-49-33-3-1-2-32-38(33)44(62)58(43(32)61)35-9-11-37(59)52-42(35)60/h1-3,6,10,12,15,24,26-27,29-31,35,40,49H,4-5,7-9,11,13-14,16-23,25H2,(H,50,63)(H,52,59,60)/t26-,29-,30-,31-,35?/m1/s1. The van der Waals surface area contributed by atoms with E-state index in [1.165, 1.54) is 4.57 Å². The highest BCUT2D eigenvalue weighted by Gasteiger charge is 2.48. The van der Waals surface area contributed by atoms with Crippen molar-refractivity contribution in [1.29, 1.82) is 0 Å². The minimum atomic E-state index is -2.85. The van der Waals surface area contributed by atoms with Crippen LogP contribution in [0.3, 0.4) is 0 Å². The number of rotatable bonds is 10. The Kier molecular flexibility index (Phi) is 10.3. The molecule has 1 unspecified atom stereocenters. The number of anilines is 3. The lowest BCUT2D eigenvalue weighted by Gasteiger charge is -2.53. The molecule has 64 heavy (non-hydrogen) atoms. The summed E-state index contributed by atoms with van der Waals surface area (Å²) in [4.78, 5) is 75.1. The van der Waals surface area contributed by atoms with Crippen molar-refractivity contribution in [2.75, 3.05) is 54.9 Å². The number of fused-ring (bicyclic) bond motifs is 4. The number of benzene rings is 1. The predicted octanol–water partition coefficient (Wildman–Crippen LogP) is 5.96. The first kappa shape index (κ1) is 41.0. The lowest BCUT2D eigenvalue weighted by molar-refractivity contribution is -0.136. The van der Waals surface area contributed by atoms with Gasteiger partial charge < -0.3 is 25.2 Å². The van der Waals surface area contributed by atoms with E-state index < -0.39 is 47.8 Å². The lowest BCUT2D eigenvalue weighted by Crippen LogP contribution is -2.54. The number of hydrogen-bond acceptors (Lipinski definition) is 11. The van der Waals surface area contributed by atoms with E-state index >= 15 is 0 Å². The van der Waals surface area contributed by atoms with Gasteiger partial charge in [0.25, 0.3) is 18.2 Å². The number of morpholine rings is 1. The number of amides is 5. The molecule has 3 aromatic heterocycles. The Bertz CT molecular complexity index is 2540. The Morgan fingerprint density at radius 1 is 0.938 bits per heavy atom. The second kappa shape index (κ2) is 16.0. The van der Waals surface area contributed by atoms with Gasteiger partial charge in [-0.15, -0.1) is 0 Å². The van der Waals surface area contributed by atoms with Gasteiger partial charge in [-0.2, -0.15) is 5.10 Å². The number of halogens is 2. The van der Waals surface area contributed by atoms with Crippen molar-refractivity contribution in [3.63, 3.8) is 0 Å². The van der Waals surface area contributed by atoms with Gasteiger partial charge in [-0.25, -0.2) is 18.6 Å². The molecule has 4 saturated heterocycles. The van der Waals surface area contributed by atoms with Crippen molar-refractivity contribution in [3.8, 4) is 0 Å². The van der Waals surface area contributed by atoms with Crippen molar-refractivity contribution in [1.82, 2.24) is 34.4 Å². The van der Waals surface area contributed by atoms with Crippen molar-refractivity contribution in [2.45, 2.75) is 101 Å². The van der Waals surface area contributed by atoms with Gasteiger partial charge in [-0.3, -0.25) is 38.6 Å². The number of carbonyl (C=O) groups excluding carboxylic acids is 5. The summed E-state index contributed by atoms with van der Waals surface area (Å²) >= 11 is 0. The van der Waals surface area contributed by atoms with Crippen molar-refractivity contribution in [3.05, 3.63) is 65.6 Å². The van der Waals surface area contributed by atoms with Crippen LogP contribution in [0.1, 0.15) is 110 Å². The van der Waals surface area contributed by atoms with Gasteiger partial charge in [0, 0.05) is 49.5 Å². The van der Waals surface area contributed by atoms with E-state index in [0.717, 1.165) is 100 Å². The van der Waals surface area contributed by atoms with E-state index in [1.54, 1.807) is 41.3 Å². The lowest BCUT2D eigenvalue weighted by atomic mass is 9.57. The number of piperidine rings is 2. The molecule has 8 heterocycles. The molecule has 7 aliphatic rings. The fraction of sp³-hybridized carbons (Fsp3) is 0.543. The van der Waals surface area contributed by atoms with E-state index in [-0.39, 0.29) is 42.3 Å². The quantitative estimate of drug-likeness (QED) is 0.160. The van der Waals surface area contributed by atoms with Gasteiger partial charge in [0.1, 0.15) is 11.9 Å².